The summed E-state index contributed by atoms with van der Waals surface area (Å²) in [6.45, 7) is 11.7. The molecule has 0 aliphatic carbocycles. The summed E-state index contributed by atoms with van der Waals surface area (Å²) in [4.78, 5) is 2.56. The molecule has 1 fully saturated rings. The molecule has 0 bridgehead atoms. The average Bonchev–Trinajstić information content (AvgIpc) is 2.48. The molecule has 1 unspecified atom stereocenters. The van der Waals surface area contributed by atoms with E-state index < -0.39 is 0 Å². The maximum absolute atomic E-state index is 14.0. The fourth-order valence-electron chi connectivity index (χ4n) is 3.42. The van der Waals surface area contributed by atoms with Crippen molar-refractivity contribution in [2.24, 2.45) is 0 Å². The first-order chi connectivity index (χ1) is 9.96. The molecule has 0 radical (unpaired) electrons. The van der Waals surface area contributed by atoms with Gasteiger partial charge in [-0.25, -0.2) is 4.39 Å². The number of hydrogen-bond acceptors (Lipinski definition) is 2. The lowest BCUT2D eigenvalue weighted by Crippen LogP contribution is -2.54. The molecule has 1 N–H and O–H groups in total. The van der Waals surface area contributed by atoms with Crippen LogP contribution in [0.15, 0.2) is 18.2 Å². The van der Waals surface area contributed by atoms with Crippen LogP contribution in [0.25, 0.3) is 0 Å². The minimum Gasteiger partial charge on any atom is -0.309 e. The summed E-state index contributed by atoms with van der Waals surface area (Å²) < 4.78 is 14.0. The first-order valence-electron chi connectivity index (χ1n) is 8.21. The molecule has 1 aliphatic rings. The predicted molar refractivity (Wildman–Crippen MR) is 87.1 cm³/mol. The quantitative estimate of drug-likeness (QED) is 0.881. The van der Waals surface area contributed by atoms with E-state index >= 15 is 0 Å². The standard InChI is InChI=1S/C18H29FN2/c1-5-20-17(15-10-9-14(2)16(19)13-15)18(3,4)21-11-7-6-8-12-21/h9-10,13,17,20H,5-8,11-12H2,1-4H3. The van der Waals surface area contributed by atoms with Gasteiger partial charge < -0.3 is 5.32 Å². The van der Waals surface area contributed by atoms with Crippen LogP contribution in [0, 0.1) is 12.7 Å². The van der Waals surface area contributed by atoms with Crippen LogP contribution in [0.2, 0.25) is 0 Å². The van der Waals surface area contributed by atoms with Gasteiger partial charge in [-0.15, -0.1) is 0 Å². The molecule has 2 nitrogen and oxygen atoms in total. The van der Waals surface area contributed by atoms with Crippen molar-refractivity contribution in [3.63, 3.8) is 0 Å². The van der Waals surface area contributed by atoms with Gasteiger partial charge in [-0.05, 0) is 70.4 Å². The van der Waals surface area contributed by atoms with Crippen molar-refractivity contribution in [1.82, 2.24) is 10.2 Å². The van der Waals surface area contributed by atoms with Gasteiger partial charge in [0.15, 0.2) is 0 Å². The number of likely N-dealkylation sites (tertiary alicyclic amines) is 1. The van der Waals surface area contributed by atoms with E-state index in [0.717, 1.165) is 25.2 Å². The normalized spacial score (nSPS) is 18.7. The van der Waals surface area contributed by atoms with E-state index in [1.807, 2.05) is 13.0 Å². The summed E-state index contributed by atoms with van der Waals surface area (Å²) in [6.07, 6.45) is 3.87. The number of likely N-dealkylation sites (N-methyl/N-ethyl adjacent to an activating group) is 1. The molecular weight excluding hydrogens is 263 g/mol. The number of rotatable bonds is 5. The fraction of sp³-hybridized carbons (Fsp3) is 0.667. The molecule has 3 heteroatoms. The van der Waals surface area contributed by atoms with E-state index in [0.29, 0.717) is 5.56 Å². The van der Waals surface area contributed by atoms with Gasteiger partial charge in [0.2, 0.25) is 0 Å². The first-order valence-corrected chi connectivity index (χ1v) is 8.21. The number of benzene rings is 1. The first kappa shape index (κ1) is 16.4. The molecule has 1 saturated heterocycles. The monoisotopic (exact) mass is 292 g/mol. The summed E-state index contributed by atoms with van der Waals surface area (Å²) in [5, 5.41) is 3.57. The number of piperidine rings is 1. The SMILES string of the molecule is CCNC(c1ccc(C)c(F)c1)C(C)(C)N1CCCCC1. The summed E-state index contributed by atoms with van der Waals surface area (Å²) >= 11 is 0. The van der Waals surface area contributed by atoms with Crippen LogP contribution in [0.3, 0.4) is 0 Å². The Morgan fingerprint density at radius 1 is 1.24 bits per heavy atom. The minimum absolute atomic E-state index is 0.0157. The lowest BCUT2D eigenvalue weighted by Gasteiger charge is -2.46. The second kappa shape index (κ2) is 6.89. The largest absolute Gasteiger partial charge is 0.309 e. The minimum atomic E-state index is -0.107. The van der Waals surface area contributed by atoms with Gasteiger partial charge in [-0.1, -0.05) is 25.5 Å². The number of nitrogens with zero attached hydrogens (tertiary/aromatic N) is 1. The third kappa shape index (κ3) is 3.64. The highest BCUT2D eigenvalue weighted by atomic mass is 19.1. The fourth-order valence-corrected chi connectivity index (χ4v) is 3.42. The summed E-state index contributed by atoms with van der Waals surface area (Å²) in [6, 6.07) is 5.81. The Balaban J connectivity index is 2.29. The highest BCUT2D eigenvalue weighted by molar-refractivity contribution is 5.28. The van der Waals surface area contributed by atoms with E-state index in [9.17, 15) is 4.39 Å². The molecule has 2 rings (SSSR count). The van der Waals surface area contributed by atoms with Crippen LogP contribution in [-0.4, -0.2) is 30.1 Å². The molecule has 21 heavy (non-hydrogen) atoms. The van der Waals surface area contributed by atoms with Crippen LogP contribution in [-0.2, 0) is 0 Å². The van der Waals surface area contributed by atoms with Gasteiger partial charge in [0.1, 0.15) is 5.82 Å². The third-order valence-electron chi connectivity index (χ3n) is 4.82. The highest BCUT2D eigenvalue weighted by Crippen LogP contribution is 2.33. The van der Waals surface area contributed by atoms with Crippen molar-refractivity contribution < 1.29 is 4.39 Å². The second-order valence-corrected chi connectivity index (χ2v) is 6.70. The maximum Gasteiger partial charge on any atom is 0.126 e. The Hall–Kier alpha value is -0.930. The van der Waals surface area contributed by atoms with Gasteiger partial charge in [-0.3, -0.25) is 4.90 Å². The Labute approximate surface area is 128 Å². The van der Waals surface area contributed by atoms with Gasteiger partial charge in [-0.2, -0.15) is 0 Å². The average molecular weight is 292 g/mol. The molecule has 1 heterocycles. The van der Waals surface area contributed by atoms with Crippen molar-refractivity contribution in [3.8, 4) is 0 Å². The lowest BCUT2D eigenvalue weighted by atomic mass is 9.85. The number of halogens is 1. The van der Waals surface area contributed by atoms with Crippen LogP contribution in [0.5, 0.6) is 0 Å². The molecule has 1 aromatic rings. The smallest absolute Gasteiger partial charge is 0.126 e. The van der Waals surface area contributed by atoms with E-state index in [4.69, 9.17) is 0 Å². The van der Waals surface area contributed by atoms with E-state index in [1.165, 1.54) is 19.3 Å². The molecule has 1 aliphatic heterocycles. The molecule has 0 aromatic heterocycles. The Morgan fingerprint density at radius 2 is 1.90 bits per heavy atom. The Kier molecular flexibility index (Phi) is 5.39. The maximum atomic E-state index is 14.0. The molecule has 118 valence electrons. The van der Waals surface area contributed by atoms with Crippen molar-refractivity contribution in [3.05, 3.63) is 35.1 Å². The molecule has 0 saturated carbocycles. The van der Waals surface area contributed by atoms with Gasteiger partial charge >= 0.3 is 0 Å². The van der Waals surface area contributed by atoms with Crippen LogP contribution < -0.4 is 5.32 Å². The summed E-state index contributed by atoms with van der Waals surface area (Å²) in [5.74, 6) is -0.107. The Morgan fingerprint density at radius 3 is 2.48 bits per heavy atom. The predicted octanol–water partition coefficient (Wildman–Crippen LogP) is 4.05. The molecule has 0 amide bonds. The number of hydrogen-bond donors (Lipinski definition) is 1. The van der Waals surface area contributed by atoms with Crippen molar-refractivity contribution in [1.29, 1.82) is 0 Å². The number of nitrogens with one attached hydrogen (secondary N) is 1. The zero-order valence-electron chi connectivity index (χ0n) is 13.9. The topological polar surface area (TPSA) is 15.3 Å². The second-order valence-electron chi connectivity index (χ2n) is 6.70. The Bertz CT molecular complexity index is 464. The van der Waals surface area contributed by atoms with Gasteiger partial charge in [0, 0.05) is 5.54 Å². The third-order valence-corrected chi connectivity index (χ3v) is 4.82. The van der Waals surface area contributed by atoms with Crippen molar-refractivity contribution in [2.45, 2.75) is 58.5 Å². The van der Waals surface area contributed by atoms with Crippen LogP contribution >= 0.6 is 0 Å². The summed E-state index contributed by atoms with van der Waals surface area (Å²) in [5.41, 5.74) is 1.75. The lowest BCUT2D eigenvalue weighted by molar-refractivity contribution is 0.0612. The molecule has 0 spiro atoms. The van der Waals surface area contributed by atoms with Crippen molar-refractivity contribution >= 4 is 0 Å². The highest BCUT2D eigenvalue weighted by Gasteiger charge is 2.36. The molecule has 1 atom stereocenters. The zero-order chi connectivity index (χ0) is 15.5. The van der Waals surface area contributed by atoms with Gasteiger partial charge in [0.05, 0.1) is 6.04 Å². The number of aryl methyl sites for hydroxylation is 1. The zero-order valence-corrected chi connectivity index (χ0v) is 13.9. The van der Waals surface area contributed by atoms with E-state index in [1.54, 1.807) is 6.07 Å². The molecule has 1 aromatic carbocycles. The van der Waals surface area contributed by atoms with E-state index in [-0.39, 0.29) is 17.4 Å². The van der Waals surface area contributed by atoms with E-state index in [2.05, 4.69) is 37.1 Å². The summed E-state index contributed by atoms with van der Waals surface area (Å²) in [7, 11) is 0. The van der Waals surface area contributed by atoms with Crippen LogP contribution in [0.1, 0.15) is 57.2 Å². The van der Waals surface area contributed by atoms with Crippen molar-refractivity contribution in [2.75, 3.05) is 19.6 Å². The molecular formula is C18H29FN2. The van der Waals surface area contributed by atoms with Gasteiger partial charge in [0.25, 0.3) is 0 Å². The van der Waals surface area contributed by atoms with Crippen LogP contribution in [0.4, 0.5) is 4.39 Å².